The zero-order valence-electron chi connectivity index (χ0n) is 11.3. The SMILES string of the molecule is COc1cccc(C(=O)N2CCCCC2)c1OC(F)F. The van der Waals surface area contributed by atoms with Gasteiger partial charge in [-0.1, -0.05) is 6.07 Å². The first-order valence-electron chi connectivity index (χ1n) is 6.54. The lowest BCUT2D eigenvalue weighted by molar-refractivity contribution is -0.0516. The highest BCUT2D eigenvalue weighted by atomic mass is 19.3. The lowest BCUT2D eigenvalue weighted by Crippen LogP contribution is -2.35. The molecule has 0 saturated carbocycles. The number of carbonyl (C=O) groups is 1. The number of methoxy groups -OCH3 is 1. The Kier molecular flexibility index (Phi) is 4.76. The van der Waals surface area contributed by atoms with Crippen LogP contribution in [-0.4, -0.2) is 37.6 Å². The summed E-state index contributed by atoms with van der Waals surface area (Å²) in [5.74, 6) is -0.354. The third-order valence-corrected chi connectivity index (χ3v) is 3.28. The molecule has 0 radical (unpaired) electrons. The Morgan fingerprint density at radius 3 is 2.55 bits per heavy atom. The van der Waals surface area contributed by atoms with Crippen LogP contribution in [0.3, 0.4) is 0 Å². The Morgan fingerprint density at radius 2 is 1.95 bits per heavy atom. The summed E-state index contributed by atoms with van der Waals surface area (Å²) in [7, 11) is 1.35. The predicted octanol–water partition coefficient (Wildman–Crippen LogP) is 2.92. The van der Waals surface area contributed by atoms with Gasteiger partial charge in [0, 0.05) is 13.1 Å². The van der Waals surface area contributed by atoms with Crippen molar-refractivity contribution in [1.29, 1.82) is 0 Å². The zero-order chi connectivity index (χ0) is 14.5. The summed E-state index contributed by atoms with van der Waals surface area (Å²) < 4.78 is 34.5. The molecule has 1 amide bonds. The number of ether oxygens (including phenoxy) is 2. The minimum atomic E-state index is -3.00. The van der Waals surface area contributed by atoms with E-state index in [2.05, 4.69) is 4.74 Å². The molecule has 0 bridgehead atoms. The van der Waals surface area contributed by atoms with Gasteiger partial charge in [-0.2, -0.15) is 8.78 Å². The van der Waals surface area contributed by atoms with Crippen molar-refractivity contribution >= 4 is 5.91 Å². The number of hydrogen-bond acceptors (Lipinski definition) is 3. The molecular formula is C14H17F2NO3. The van der Waals surface area contributed by atoms with Gasteiger partial charge in [-0.05, 0) is 31.4 Å². The summed E-state index contributed by atoms with van der Waals surface area (Å²) in [6, 6.07) is 4.57. The number of amides is 1. The molecule has 0 aromatic heterocycles. The Morgan fingerprint density at radius 1 is 1.25 bits per heavy atom. The number of benzene rings is 1. The number of nitrogens with zero attached hydrogens (tertiary/aromatic N) is 1. The smallest absolute Gasteiger partial charge is 0.387 e. The fourth-order valence-electron chi connectivity index (χ4n) is 2.32. The molecule has 110 valence electrons. The molecule has 1 fully saturated rings. The Bertz CT molecular complexity index is 473. The molecule has 0 spiro atoms. The molecule has 0 N–H and O–H groups in total. The van der Waals surface area contributed by atoms with Crippen molar-refractivity contribution in [2.45, 2.75) is 25.9 Å². The Hall–Kier alpha value is -1.85. The average molecular weight is 285 g/mol. The van der Waals surface area contributed by atoms with Crippen LogP contribution >= 0.6 is 0 Å². The van der Waals surface area contributed by atoms with Gasteiger partial charge in [0.1, 0.15) is 0 Å². The minimum Gasteiger partial charge on any atom is -0.493 e. The van der Waals surface area contributed by atoms with E-state index in [-0.39, 0.29) is 23.0 Å². The summed E-state index contributed by atoms with van der Waals surface area (Å²) in [5, 5.41) is 0. The number of halogens is 2. The van der Waals surface area contributed by atoms with E-state index in [0.717, 1.165) is 19.3 Å². The molecule has 0 atom stereocenters. The quantitative estimate of drug-likeness (QED) is 0.853. The van der Waals surface area contributed by atoms with E-state index < -0.39 is 6.61 Å². The van der Waals surface area contributed by atoms with E-state index >= 15 is 0 Å². The standard InChI is InChI=1S/C14H17F2NO3/c1-19-11-7-5-6-10(12(11)20-14(15)16)13(18)17-8-3-2-4-9-17/h5-7,14H,2-4,8-9H2,1H3. The maximum atomic E-state index is 12.5. The minimum absolute atomic E-state index is 0.117. The molecule has 1 saturated heterocycles. The number of piperidine rings is 1. The van der Waals surface area contributed by atoms with Gasteiger partial charge in [0.2, 0.25) is 0 Å². The second kappa shape index (κ2) is 6.54. The van der Waals surface area contributed by atoms with E-state index in [9.17, 15) is 13.6 Å². The summed E-state index contributed by atoms with van der Waals surface area (Å²) in [5.41, 5.74) is 0.117. The molecule has 1 heterocycles. The third-order valence-electron chi connectivity index (χ3n) is 3.28. The highest BCUT2D eigenvalue weighted by Gasteiger charge is 2.25. The van der Waals surface area contributed by atoms with Crippen LogP contribution in [-0.2, 0) is 0 Å². The lowest BCUT2D eigenvalue weighted by atomic mass is 10.1. The molecule has 1 aromatic rings. The second-order valence-electron chi connectivity index (χ2n) is 4.57. The molecule has 20 heavy (non-hydrogen) atoms. The van der Waals surface area contributed by atoms with E-state index in [1.54, 1.807) is 11.0 Å². The molecule has 1 aromatic carbocycles. The molecular weight excluding hydrogens is 268 g/mol. The maximum absolute atomic E-state index is 12.5. The normalized spacial score (nSPS) is 15.3. The van der Waals surface area contributed by atoms with Gasteiger partial charge in [0.15, 0.2) is 11.5 Å². The van der Waals surface area contributed by atoms with Crippen LogP contribution in [0, 0.1) is 0 Å². The molecule has 1 aliphatic heterocycles. The van der Waals surface area contributed by atoms with Crippen molar-refractivity contribution < 1.29 is 23.0 Å². The molecule has 1 aliphatic rings. The van der Waals surface area contributed by atoms with Crippen molar-refractivity contribution in [2.24, 2.45) is 0 Å². The average Bonchev–Trinajstić information content (AvgIpc) is 2.47. The van der Waals surface area contributed by atoms with Crippen LogP contribution in [0.2, 0.25) is 0 Å². The van der Waals surface area contributed by atoms with Gasteiger partial charge in [-0.25, -0.2) is 0 Å². The number of para-hydroxylation sites is 1. The first kappa shape index (κ1) is 14.6. The molecule has 2 rings (SSSR count). The molecule has 4 nitrogen and oxygen atoms in total. The second-order valence-corrected chi connectivity index (χ2v) is 4.57. The van der Waals surface area contributed by atoms with Crippen molar-refractivity contribution in [3.05, 3.63) is 23.8 Å². The largest absolute Gasteiger partial charge is 0.493 e. The fraction of sp³-hybridized carbons (Fsp3) is 0.500. The number of rotatable bonds is 4. The number of likely N-dealkylation sites (tertiary alicyclic amines) is 1. The maximum Gasteiger partial charge on any atom is 0.387 e. The van der Waals surface area contributed by atoms with Gasteiger partial charge in [-0.3, -0.25) is 4.79 Å². The predicted molar refractivity (Wildman–Crippen MR) is 69.4 cm³/mol. The van der Waals surface area contributed by atoms with Crippen LogP contribution in [0.15, 0.2) is 18.2 Å². The van der Waals surface area contributed by atoms with E-state index in [1.165, 1.54) is 19.2 Å². The first-order chi connectivity index (χ1) is 9.63. The Balaban J connectivity index is 2.31. The van der Waals surface area contributed by atoms with Crippen molar-refractivity contribution in [3.63, 3.8) is 0 Å². The fourth-order valence-corrected chi connectivity index (χ4v) is 2.32. The molecule has 0 unspecified atom stereocenters. The van der Waals surface area contributed by atoms with E-state index in [0.29, 0.717) is 13.1 Å². The molecule has 0 aliphatic carbocycles. The third kappa shape index (κ3) is 3.18. The summed E-state index contributed by atoms with van der Waals surface area (Å²) >= 11 is 0. The van der Waals surface area contributed by atoms with Gasteiger partial charge >= 0.3 is 6.61 Å². The van der Waals surface area contributed by atoms with Crippen LogP contribution in [0.25, 0.3) is 0 Å². The number of hydrogen-bond donors (Lipinski definition) is 0. The first-order valence-corrected chi connectivity index (χ1v) is 6.54. The summed E-state index contributed by atoms with van der Waals surface area (Å²) in [6.45, 7) is -1.71. The highest BCUT2D eigenvalue weighted by molar-refractivity contribution is 5.97. The van der Waals surface area contributed by atoms with Crippen molar-refractivity contribution in [3.8, 4) is 11.5 Å². The van der Waals surface area contributed by atoms with Gasteiger partial charge in [-0.15, -0.1) is 0 Å². The topological polar surface area (TPSA) is 38.8 Å². The van der Waals surface area contributed by atoms with Crippen LogP contribution in [0.5, 0.6) is 11.5 Å². The van der Waals surface area contributed by atoms with Crippen LogP contribution in [0.1, 0.15) is 29.6 Å². The Labute approximate surface area is 116 Å². The van der Waals surface area contributed by atoms with Gasteiger partial charge in [0.05, 0.1) is 12.7 Å². The highest BCUT2D eigenvalue weighted by Crippen LogP contribution is 2.33. The zero-order valence-corrected chi connectivity index (χ0v) is 11.3. The van der Waals surface area contributed by atoms with Gasteiger partial charge < -0.3 is 14.4 Å². The number of alkyl halides is 2. The summed E-state index contributed by atoms with van der Waals surface area (Å²) in [4.78, 5) is 14.1. The number of carbonyl (C=O) groups excluding carboxylic acids is 1. The molecule has 6 heteroatoms. The van der Waals surface area contributed by atoms with Crippen LogP contribution in [0.4, 0.5) is 8.78 Å². The summed E-state index contributed by atoms with van der Waals surface area (Å²) in [6.07, 6.45) is 2.95. The van der Waals surface area contributed by atoms with Gasteiger partial charge in [0.25, 0.3) is 5.91 Å². The monoisotopic (exact) mass is 285 g/mol. The van der Waals surface area contributed by atoms with Crippen molar-refractivity contribution in [1.82, 2.24) is 4.90 Å². The van der Waals surface area contributed by atoms with Crippen molar-refractivity contribution in [2.75, 3.05) is 20.2 Å². The van der Waals surface area contributed by atoms with E-state index in [1.807, 2.05) is 0 Å². The van der Waals surface area contributed by atoms with E-state index in [4.69, 9.17) is 4.74 Å². The van der Waals surface area contributed by atoms with Crippen LogP contribution < -0.4 is 9.47 Å². The lowest BCUT2D eigenvalue weighted by Gasteiger charge is -2.27.